The number of esters is 1. The number of carbonyl (C=O) groups excluding carboxylic acids is 1. The first-order valence-corrected chi connectivity index (χ1v) is 5.63. The molecule has 0 aromatic heterocycles. The zero-order chi connectivity index (χ0) is 14.6. The highest BCUT2D eigenvalue weighted by Crippen LogP contribution is 2.46. The third kappa shape index (κ3) is 2.85. The smallest absolute Gasteiger partial charge is 0.339 e. The average molecular weight is 291 g/mol. The van der Waals surface area contributed by atoms with Crippen LogP contribution in [0.5, 0.6) is 17.2 Å². The molecular weight excluding hydrogens is 276 g/mol. The Bertz CT molecular complexity index is 474. The van der Waals surface area contributed by atoms with Gasteiger partial charge in [-0.1, -0.05) is 11.6 Å². The molecule has 7 heteroatoms. The molecule has 0 aliphatic rings. The fourth-order valence-corrected chi connectivity index (χ4v) is 1.92. The Labute approximate surface area is 115 Å². The molecule has 106 valence electrons. The third-order valence-electron chi connectivity index (χ3n) is 2.52. The summed E-state index contributed by atoms with van der Waals surface area (Å²) in [7, 11) is 5.36. The summed E-state index contributed by atoms with van der Waals surface area (Å²) in [6, 6.07) is 1.42. The highest BCUT2D eigenvalue weighted by molar-refractivity contribution is 6.32. The van der Waals surface area contributed by atoms with E-state index in [2.05, 4.69) is 4.74 Å². The summed E-state index contributed by atoms with van der Waals surface area (Å²) in [5, 5.41) is 10.0. The summed E-state index contributed by atoms with van der Waals surface area (Å²) in [4.78, 5) is 11.4. The summed E-state index contributed by atoms with van der Waals surface area (Å²) in [6.07, 6.45) is -1.58. The largest absolute Gasteiger partial charge is 0.493 e. The van der Waals surface area contributed by atoms with E-state index in [9.17, 15) is 9.90 Å². The van der Waals surface area contributed by atoms with Crippen molar-refractivity contribution in [2.45, 2.75) is 6.10 Å². The fourth-order valence-electron chi connectivity index (χ4n) is 1.63. The minimum absolute atomic E-state index is 0.0636. The van der Waals surface area contributed by atoms with Crippen molar-refractivity contribution in [3.05, 3.63) is 16.7 Å². The van der Waals surface area contributed by atoms with E-state index in [0.29, 0.717) is 5.75 Å². The minimum Gasteiger partial charge on any atom is -0.493 e. The number of methoxy groups -OCH3 is 4. The zero-order valence-corrected chi connectivity index (χ0v) is 11.8. The molecule has 0 fully saturated rings. The van der Waals surface area contributed by atoms with Crippen molar-refractivity contribution >= 4 is 17.6 Å². The molecule has 0 aliphatic heterocycles. The van der Waals surface area contributed by atoms with Gasteiger partial charge in [0.25, 0.3) is 0 Å². The zero-order valence-electron chi connectivity index (χ0n) is 11.0. The van der Waals surface area contributed by atoms with E-state index >= 15 is 0 Å². The van der Waals surface area contributed by atoms with E-state index in [-0.39, 0.29) is 22.1 Å². The van der Waals surface area contributed by atoms with Crippen molar-refractivity contribution in [2.75, 3.05) is 28.4 Å². The monoisotopic (exact) mass is 290 g/mol. The Morgan fingerprint density at radius 3 is 2.16 bits per heavy atom. The molecule has 0 amide bonds. The predicted molar refractivity (Wildman–Crippen MR) is 68.1 cm³/mol. The van der Waals surface area contributed by atoms with Crippen LogP contribution in [-0.2, 0) is 9.53 Å². The Morgan fingerprint density at radius 2 is 1.74 bits per heavy atom. The van der Waals surface area contributed by atoms with Crippen LogP contribution in [0, 0.1) is 0 Å². The SMILES string of the molecule is COC(=O)C(O)c1c(Cl)cc(OC)c(OC)c1OC. The number of aliphatic hydroxyl groups excluding tert-OH is 1. The van der Waals surface area contributed by atoms with Crippen molar-refractivity contribution < 1.29 is 28.8 Å². The molecular formula is C12H15ClO6. The molecule has 0 saturated heterocycles. The minimum atomic E-state index is -1.58. The van der Waals surface area contributed by atoms with Crippen molar-refractivity contribution in [3.63, 3.8) is 0 Å². The predicted octanol–water partition coefficient (Wildman–Crippen LogP) is 1.57. The van der Waals surface area contributed by atoms with Crippen LogP contribution in [0.2, 0.25) is 5.02 Å². The van der Waals surface area contributed by atoms with Gasteiger partial charge in [0.15, 0.2) is 17.6 Å². The first-order chi connectivity index (χ1) is 9.01. The van der Waals surface area contributed by atoms with Gasteiger partial charge in [0.05, 0.1) is 39.0 Å². The molecule has 19 heavy (non-hydrogen) atoms. The van der Waals surface area contributed by atoms with Gasteiger partial charge in [-0.05, 0) is 0 Å². The van der Waals surface area contributed by atoms with Gasteiger partial charge >= 0.3 is 5.97 Å². The fraction of sp³-hybridized carbons (Fsp3) is 0.417. The molecule has 1 aromatic rings. The maximum Gasteiger partial charge on any atom is 0.339 e. The number of halogens is 1. The van der Waals surface area contributed by atoms with E-state index in [4.69, 9.17) is 25.8 Å². The van der Waals surface area contributed by atoms with Crippen LogP contribution in [-0.4, -0.2) is 39.5 Å². The number of carbonyl (C=O) groups is 1. The van der Waals surface area contributed by atoms with Gasteiger partial charge in [0.1, 0.15) is 0 Å². The number of benzene rings is 1. The maximum atomic E-state index is 11.4. The van der Waals surface area contributed by atoms with Gasteiger partial charge in [-0.25, -0.2) is 4.79 Å². The van der Waals surface area contributed by atoms with Gasteiger partial charge in [-0.3, -0.25) is 0 Å². The second-order valence-corrected chi connectivity index (χ2v) is 3.87. The normalized spacial score (nSPS) is 11.7. The highest BCUT2D eigenvalue weighted by Gasteiger charge is 2.29. The van der Waals surface area contributed by atoms with Gasteiger partial charge in [-0.15, -0.1) is 0 Å². The lowest BCUT2D eigenvalue weighted by Crippen LogP contribution is -2.15. The Kier molecular flexibility index (Phi) is 5.26. The highest BCUT2D eigenvalue weighted by atomic mass is 35.5. The average Bonchev–Trinajstić information content (AvgIpc) is 2.43. The molecule has 1 N–H and O–H groups in total. The first kappa shape index (κ1) is 15.4. The van der Waals surface area contributed by atoms with E-state index in [1.807, 2.05) is 0 Å². The van der Waals surface area contributed by atoms with Crippen molar-refractivity contribution in [3.8, 4) is 17.2 Å². The molecule has 0 heterocycles. The van der Waals surface area contributed by atoms with Crippen molar-refractivity contribution in [1.29, 1.82) is 0 Å². The Balaban J connectivity index is 3.50. The van der Waals surface area contributed by atoms with E-state index in [0.717, 1.165) is 7.11 Å². The second-order valence-electron chi connectivity index (χ2n) is 3.47. The molecule has 6 nitrogen and oxygen atoms in total. The number of aliphatic hydroxyl groups is 1. The summed E-state index contributed by atoms with van der Waals surface area (Å²) in [5.74, 6) is -0.185. The van der Waals surface area contributed by atoms with Crippen molar-refractivity contribution in [1.82, 2.24) is 0 Å². The molecule has 0 saturated carbocycles. The lowest BCUT2D eigenvalue weighted by Gasteiger charge is -2.19. The van der Waals surface area contributed by atoms with Gasteiger partial charge in [0, 0.05) is 6.07 Å². The lowest BCUT2D eigenvalue weighted by atomic mass is 10.1. The molecule has 0 bridgehead atoms. The Morgan fingerprint density at radius 1 is 1.16 bits per heavy atom. The van der Waals surface area contributed by atoms with Gasteiger partial charge in [0.2, 0.25) is 5.75 Å². The molecule has 0 aliphatic carbocycles. The van der Waals surface area contributed by atoms with Crippen LogP contribution in [0.3, 0.4) is 0 Å². The maximum absolute atomic E-state index is 11.4. The van der Waals surface area contributed by atoms with Crippen LogP contribution in [0.15, 0.2) is 6.07 Å². The van der Waals surface area contributed by atoms with E-state index < -0.39 is 12.1 Å². The number of rotatable bonds is 5. The van der Waals surface area contributed by atoms with Gasteiger partial charge in [-0.2, -0.15) is 0 Å². The molecule has 1 aromatic carbocycles. The van der Waals surface area contributed by atoms with E-state index in [1.165, 1.54) is 27.4 Å². The number of hydrogen-bond donors (Lipinski definition) is 1. The number of ether oxygens (including phenoxy) is 4. The standard InChI is InChI=1S/C12H15ClO6/c1-16-7-5-6(13)8(9(14)12(15)19-4)11(18-3)10(7)17-2/h5,9,14H,1-4H3. The van der Waals surface area contributed by atoms with Crippen LogP contribution in [0.25, 0.3) is 0 Å². The molecule has 1 rings (SSSR count). The molecule has 0 spiro atoms. The van der Waals surface area contributed by atoms with Crippen LogP contribution in [0.1, 0.15) is 11.7 Å². The summed E-state index contributed by atoms with van der Waals surface area (Å²) < 4.78 is 19.9. The summed E-state index contributed by atoms with van der Waals surface area (Å²) in [5.41, 5.74) is 0.0636. The summed E-state index contributed by atoms with van der Waals surface area (Å²) >= 11 is 6.03. The van der Waals surface area contributed by atoms with Crippen molar-refractivity contribution in [2.24, 2.45) is 0 Å². The summed E-state index contributed by atoms with van der Waals surface area (Å²) in [6.45, 7) is 0. The third-order valence-corrected chi connectivity index (χ3v) is 2.83. The Hall–Kier alpha value is -1.66. The first-order valence-electron chi connectivity index (χ1n) is 5.26. The van der Waals surface area contributed by atoms with E-state index in [1.54, 1.807) is 0 Å². The van der Waals surface area contributed by atoms with Crippen LogP contribution >= 0.6 is 11.6 Å². The quantitative estimate of drug-likeness (QED) is 0.830. The lowest BCUT2D eigenvalue weighted by molar-refractivity contribution is -0.150. The molecule has 1 atom stereocenters. The second kappa shape index (κ2) is 6.49. The van der Waals surface area contributed by atoms with Crippen LogP contribution in [0.4, 0.5) is 0 Å². The van der Waals surface area contributed by atoms with Crippen LogP contribution < -0.4 is 14.2 Å². The van der Waals surface area contributed by atoms with Gasteiger partial charge < -0.3 is 24.1 Å². The topological polar surface area (TPSA) is 74.2 Å². The molecule has 1 unspecified atom stereocenters. The molecule has 0 radical (unpaired) electrons. The number of hydrogen-bond acceptors (Lipinski definition) is 6.